The Balaban J connectivity index is 2.42. The van der Waals surface area contributed by atoms with Crippen molar-refractivity contribution in [3.8, 4) is 5.75 Å². The number of piperidine rings is 1. The fraction of sp³-hybridized carbons (Fsp3) is 0.500. The molecule has 3 N–H and O–H groups in total. The van der Waals surface area contributed by atoms with Gasteiger partial charge in [-0.1, -0.05) is 0 Å². The van der Waals surface area contributed by atoms with Crippen LogP contribution in [-0.4, -0.2) is 37.7 Å². The van der Waals surface area contributed by atoms with E-state index in [-0.39, 0.29) is 11.3 Å². The maximum Gasteiger partial charge on any atom is 0.312 e. The Morgan fingerprint density at radius 1 is 1.43 bits per heavy atom. The van der Waals surface area contributed by atoms with Crippen LogP contribution in [0.25, 0.3) is 0 Å². The molecule has 2 rings (SSSR count). The second kappa shape index (κ2) is 6.26. The minimum absolute atomic E-state index is 0.0725. The maximum absolute atomic E-state index is 14.3. The third-order valence-electron chi connectivity index (χ3n) is 3.79. The van der Waals surface area contributed by atoms with Crippen LogP contribution >= 0.6 is 0 Å². The van der Waals surface area contributed by atoms with Gasteiger partial charge in [-0.3, -0.25) is 4.90 Å². The number of ether oxygens (including phenoxy) is 1. The quantitative estimate of drug-likeness (QED) is 0.894. The number of likely N-dealkylation sites (tertiary alicyclic amines) is 1. The molecule has 0 spiro atoms. The number of urea groups is 1. The van der Waals surface area contributed by atoms with E-state index in [1.165, 1.54) is 7.11 Å². The van der Waals surface area contributed by atoms with E-state index in [2.05, 4.69) is 5.32 Å². The Morgan fingerprint density at radius 3 is 2.57 bits per heavy atom. The first-order valence-corrected chi connectivity index (χ1v) is 6.73. The fourth-order valence-electron chi connectivity index (χ4n) is 2.88. The number of primary amides is 1. The first kappa shape index (κ1) is 15.5. The zero-order chi connectivity index (χ0) is 15.6. The molecule has 0 saturated carbocycles. The van der Waals surface area contributed by atoms with Crippen LogP contribution in [0.4, 0.5) is 13.6 Å². The molecule has 1 aromatic rings. The molecule has 7 heteroatoms. The predicted octanol–water partition coefficient (Wildman–Crippen LogP) is 1.78. The van der Waals surface area contributed by atoms with E-state index in [9.17, 15) is 13.6 Å². The summed E-state index contributed by atoms with van der Waals surface area (Å²) in [5.74, 6) is -1.27. The summed E-state index contributed by atoms with van der Waals surface area (Å²) in [6.07, 6.45) is 1.43. The molecule has 5 nitrogen and oxygen atoms in total. The molecule has 21 heavy (non-hydrogen) atoms. The van der Waals surface area contributed by atoms with Crippen molar-refractivity contribution in [3.05, 3.63) is 29.3 Å². The number of nitrogens with zero attached hydrogens (tertiary/aromatic N) is 1. The van der Waals surface area contributed by atoms with Crippen molar-refractivity contribution >= 4 is 6.03 Å². The molecule has 0 aliphatic carbocycles. The number of amides is 2. The van der Waals surface area contributed by atoms with Gasteiger partial charge in [-0.2, -0.15) is 0 Å². The molecule has 1 saturated heterocycles. The maximum atomic E-state index is 14.3. The highest BCUT2D eigenvalue weighted by Crippen LogP contribution is 2.35. The third kappa shape index (κ3) is 3.24. The number of carbonyl (C=O) groups excluding carboxylic acids is 1. The average molecular weight is 299 g/mol. The van der Waals surface area contributed by atoms with Crippen molar-refractivity contribution in [3.63, 3.8) is 0 Å². The van der Waals surface area contributed by atoms with Gasteiger partial charge in [-0.25, -0.2) is 13.6 Å². The van der Waals surface area contributed by atoms with Gasteiger partial charge in [0.15, 0.2) is 0 Å². The Bertz CT molecular complexity index is 516. The second-order valence-electron chi connectivity index (χ2n) is 5.19. The average Bonchev–Trinajstić information content (AvgIpc) is 2.40. The number of benzene rings is 1. The standard InChI is InChI=1S/C14H19F2N3O2/c1-19-5-3-4-11(18-14(17)20)13(19)12-9(15)6-8(21-2)7-10(12)16/h6-7,11,13H,3-5H2,1-2H3,(H3,17,18,20). The summed E-state index contributed by atoms with van der Waals surface area (Å²) >= 11 is 0. The molecule has 1 aromatic carbocycles. The molecule has 0 aromatic heterocycles. The Morgan fingerprint density at radius 2 is 2.05 bits per heavy atom. The molecule has 1 heterocycles. The molecular formula is C14H19F2N3O2. The van der Waals surface area contributed by atoms with Crippen LogP contribution in [0.15, 0.2) is 12.1 Å². The fourth-order valence-corrected chi connectivity index (χ4v) is 2.88. The number of nitrogens with one attached hydrogen (secondary N) is 1. The predicted molar refractivity (Wildman–Crippen MR) is 74.0 cm³/mol. The molecule has 0 bridgehead atoms. The van der Waals surface area contributed by atoms with Crippen molar-refractivity contribution in [2.24, 2.45) is 5.73 Å². The highest BCUT2D eigenvalue weighted by Gasteiger charge is 2.35. The lowest BCUT2D eigenvalue weighted by atomic mass is 9.90. The Hall–Kier alpha value is -1.89. The van der Waals surface area contributed by atoms with Crippen LogP contribution in [0.3, 0.4) is 0 Å². The van der Waals surface area contributed by atoms with Crippen molar-refractivity contribution < 1.29 is 18.3 Å². The van der Waals surface area contributed by atoms with Crippen LogP contribution in [0.2, 0.25) is 0 Å². The van der Waals surface area contributed by atoms with Gasteiger partial charge < -0.3 is 15.8 Å². The van der Waals surface area contributed by atoms with E-state index in [1.54, 1.807) is 7.05 Å². The molecule has 1 aliphatic rings. The van der Waals surface area contributed by atoms with Gasteiger partial charge in [0.05, 0.1) is 19.2 Å². The van der Waals surface area contributed by atoms with Gasteiger partial charge in [0.1, 0.15) is 17.4 Å². The van der Waals surface area contributed by atoms with Crippen molar-refractivity contribution in [1.82, 2.24) is 10.2 Å². The minimum atomic E-state index is -0.699. The molecule has 2 atom stereocenters. The van der Waals surface area contributed by atoms with E-state index in [0.717, 1.165) is 18.6 Å². The van der Waals surface area contributed by atoms with E-state index < -0.39 is 29.7 Å². The number of rotatable bonds is 3. The van der Waals surface area contributed by atoms with Gasteiger partial charge in [-0.05, 0) is 26.4 Å². The number of nitrogens with two attached hydrogens (primary N) is 1. The van der Waals surface area contributed by atoms with Gasteiger partial charge in [0.25, 0.3) is 0 Å². The summed E-state index contributed by atoms with van der Waals surface area (Å²) in [5.41, 5.74) is 5.08. The van der Waals surface area contributed by atoms with E-state index in [0.29, 0.717) is 13.0 Å². The van der Waals surface area contributed by atoms with E-state index in [4.69, 9.17) is 10.5 Å². The van der Waals surface area contributed by atoms with Crippen molar-refractivity contribution in [2.45, 2.75) is 24.9 Å². The SMILES string of the molecule is COc1cc(F)c(C2C(NC(N)=O)CCCN2C)c(F)c1. The molecule has 0 radical (unpaired) electrons. The molecular weight excluding hydrogens is 280 g/mol. The lowest BCUT2D eigenvalue weighted by molar-refractivity contribution is 0.138. The molecule has 2 unspecified atom stereocenters. The molecule has 1 fully saturated rings. The summed E-state index contributed by atoms with van der Waals surface area (Å²) in [5, 5.41) is 2.58. The van der Waals surface area contributed by atoms with Crippen LogP contribution in [0, 0.1) is 11.6 Å². The number of methoxy groups -OCH3 is 1. The number of halogens is 2. The minimum Gasteiger partial charge on any atom is -0.497 e. The van der Waals surface area contributed by atoms with Gasteiger partial charge in [0.2, 0.25) is 0 Å². The second-order valence-corrected chi connectivity index (χ2v) is 5.19. The number of hydrogen-bond donors (Lipinski definition) is 2. The Kier molecular flexibility index (Phi) is 4.62. The van der Waals surface area contributed by atoms with Crippen LogP contribution < -0.4 is 15.8 Å². The highest BCUT2D eigenvalue weighted by atomic mass is 19.1. The molecule has 2 amide bonds. The lowest BCUT2D eigenvalue weighted by Crippen LogP contribution is -2.50. The normalized spacial score (nSPS) is 22.9. The van der Waals surface area contributed by atoms with E-state index >= 15 is 0 Å². The first-order chi connectivity index (χ1) is 9.93. The number of likely N-dealkylation sites (N-methyl/N-ethyl adjacent to an activating group) is 1. The van der Waals surface area contributed by atoms with Crippen LogP contribution in [-0.2, 0) is 0 Å². The smallest absolute Gasteiger partial charge is 0.312 e. The lowest BCUT2D eigenvalue weighted by Gasteiger charge is -2.39. The summed E-state index contributed by atoms with van der Waals surface area (Å²) in [6.45, 7) is 0.687. The highest BCUT2D eigenvalue weighted by molar-refractivity contribution is 5.72. The van der Waals surface area contributed by atoms with Crippen molar-refractivity contribution in [2.75, 3.05) is 20.7 Å². The van der Waals surface area contributed by atoms with Gasteiger partial charge >= 0.3 is 6.03 Å². The van der Waals surface area contributed by atoms with Crippen LogP contribution in [0.1, 0.15) is 24.4 Å². The summed E-state index contributed by atoms with van der Waals surface area (Å²) < 4.78 is 33.4. The summed E-state index contributed by atoms with van der Waals surface area (Å²) in [6, 6.07) is 0.551. The third-order valence-corrected chi connectivity index (χ3v) is 3.79. The topological polar surface area (TPSA) is 67.6 Å². The van der Waals surface area contributed by atoms with Crippen LogP contribution in [0.5, 0.6) is 5.75 Å². The summed E-state index contributed by atoms with van der Waals surface area (Å²) in [7, 11) is 3.11. The summed E-state index contributed by atoms with van der Waals surface area (Å²) in [4.78, 5) is 12.9. The Labute approximate surface area is 122 Å². The zero-order valence-electron chi connectivity index (χ0n) is 12.0. The van der Waals surface area contributed by atoms with Gasteiger partial charge in [0, 0.05) is 17.7 Å². The molecule has 116 valence electrons. The number of carbonyl (C=O) groups is 1. The monoisotopic (exact) mass is 299 g/mol. The zero-order valence-corrected chi connectivity index (χ0v) is 12.0. The van der Waals surface area contributed by atoms with Crippen molar-refractivity contribution in [1.29, 1.82) is 0 Å². The number of hydrogen-bond acceptors (Lipinski definition) is 3. The first-order valence-electron chi connectivity index (χ1n) is 6.73. The molecule has 1 aliphatic heterocycles. The van der Waals surface area contributed by atoms with Gasteiger partial charge in [-0.15, -0.1) is 0 Å². The van der Waals surface area contributed by atoms with E-state index in [1.807, 2.05) is 4.90 Å². The largest absolute Gasteiger partial charge is 0.497 e.